The Morgan fingerprint density at radius 1 is 1.38 bits per heavy atom. The van der Waals surface area contributed by atoms with E-state index >= 15 is 0 Å². The van der Waals surface area contributed by atoms with E-state index in [1.165, 1.54) is 36.1 Å². The van der Waals surface area contributed by atoms with Gasteiger partial charge in [-0.3, -0.25) is 4.90 Å². The van der Waals surface area contributed by atoms with Crippen LogP contribution in [0.1, 0.15) is 35.6 Å². The first-order chi connectivity index (χ1) is 7.74. The first-order valence-corrected chi connectivity index (χ1v) is 6.24. The van der Waals surface area contributed by atoms with Gasteiger partial charge in [-0.1, -0.05) is 18.2 Å². The van der Waals surface area contributed by atoms with Gasteiger partial charge in [-0.15, -0.1) is 0 Å². The Morgan fingerprint density at radius 2 is 2.19 bits per heavy atom. The number of benzene rings is 1. The molecule has 1 unspecified atom stereocenters. The maximum absolute atomic E-state index is 5.67. The molecule has 16 heavy (non-hydrogen) atoms. The average Bonchev–Trinajstić information content (AvgIpc) is 2.71. The van der Waals surface area contributed by atoms with Crippen molar-refractivity contribution in [2.45, 2.75) is 32.7 Å². The van der Waals surface area contributed by atoms with Crippen LogP contribution in [0.5, 0.6) is 0 Å². The van der Waals surface area contributed by atoms with Crippen molar-refractivity contribution in [3.63, 3.8) is 0 Å². The fraction of sp³-hybridized carbons (Fsp3) is 0.571. The Morgan fingerprint density at radius 3 is 2.94 bits per heavy atom. The molecule has 0 amide bonds. The third kappa shape index (κ3) is 2.13. The van der Waals surface area contributed by atoms with Gasteiger partial charge in [0.1, 0.15) is 0 Å². The Balaban J connectivity index is 2.25. The zero-order valence-corrected chi connectivity index (χ0v) is 10.4. The summed E-state index contributed by atoms with van der Waals surface area (Å²) in [6.07, 6.45) is 2.59. The molecule has 0 bridgehead atoms. The van der Waals surface area contributed by atoms with Gasteiger partial charge in [-0.05, 0) is 49.9 Å². The second-order valence-electron chi connectivity index (χ2n) is 4.77. The highest BCUT2D eigenvalue weighted by atomic mass is 15.2. The van der Waals surface area contributed by atoms with Crippen LogP contribution in [-0.4, -0.2) is 24.5 Å². The summed E-state index contributed by atoms with van der Waals surface area (Å²) in [5.41, 5.74) is 10.0. The van der Waals surface area contributed by atoms with Gasteiger partial charge in [0.2, 0.25) is 0 Å². The first-order valence-electron chi connectivity index (χ1n) is 6.24. The molecule has 1 aliphatic heterocycles. The second-order valence-corrected chi connectivity index (χ2v) is 4.77. The van der Waals surface area contributed by atoms with E-state index in [0.717, 1.165) is 13.1 Å². The minimum absolute atomic E-state index is 0.600. The van der Waals surface area contributed by atoms with Gasteiger partial charge < -0.3 is 5.73 Å². The van der Waals surface area contributed by atoms with Gasteiger partial charge >= 0.3 is 0 Å². The summed E-state index contributed by atoms with van der Waals surface area (Å²) in [5, 5.41) is 0. The largest absolute Gasteiger partial charge is 0.329 e. The molecule has 2 rings (SSSR count). The zero-order valence-electron chi connectivity index (χ0n) is 10.4. The van der Waals surface area contributed by atoms with Crippen LogP contribution >= 0.6 is 0 Å². The van der Waals surface area contributed by atoms with E-state index in [1.54, 1.807) is 0 Å². The van der Waals surface area contributed by atoms with E-state index in [9.17, 15) is 0 Å². The fourth-order valence-corrected chi connectivity index (χ4v) is 2.75. The van der Waals surface area contributed by atoms with E-state index in [1.807, 2.05) is 0 Å². The summed E-state index contributed by atoms with van der Waals surface area (Å²) in [6.45, 7) is 7.43. The lowest BCUT2D eigenvalue weighted by atomic mass is 9.96. The van der Waals surface area contributed by atoms with Gasteiger partial charge in [-0.25, -0.2) is 0 Å². The van der Waals surface area contributed by atoms with E-state index in [-0.39, 0.29) is 0 Å². The second kappa shape index (κ2) is 4.98. The number of nitrogens with zero attached hydrogens (tertiary/aromatic N) is 1. The van der Waals surface area contributed by atoms with Gasteiger partial charge in [0.15, 0.2) is 0 Å². The lowest BCUT2D eigenvalue weighted by Gasteiger charge is -2.26. The Hall–Kier alpha value is -0.860. The normalized spacial score (nSPS) is 21.6. The molecule has 0 radical (unpaired) electrons. The predicted molar refractivity (Wildman–Crippen MR) is 68.5 cm³/mol. The summed E-state index contributed by atoms with van der Waals surface area (Å²) >= 11 is 0. The number of rotatable bonds is 3. The molecular weight excluding hydrogens is 196 g/mol. The molecule has 1 aromatic carbocycles. The van der Waals surface area contributed by atoms with Crippen molar-refractivity contribution in [1.82, 2.24) is 4.90 Å². The third-order valence-corrected chi connectivity index (χ3v) is 3.79. The molecule has 0 aliphatic carbocycles. The van der Waals surface area contributed by atoms with Crippen LogP contribution in [0.2, 0.25) is 0 Å². The monoisotopic (exact) mass is 218 g/mol. The Labute approximate surface area is 98.4 Å². The standard InChI is InChI=1S/C14H22N2/c1-11-5-3-6-13(12(11)2)14-7-4-9-16(14)10-8-15/h3,5-6,14H,4,7-10,15H2,1-2H3. The Kier molecular flexibility index (Phi) is 3.62. The van der Waals surface area contributed by atoms with Crippen molar-refractivity contribution in [2.75, 3.05) is 19.6 Å². The molecule has 0 aromatic heterocycles. The quantitative estimate of drug-likeness (QED) is 0.844. The van der Waals surface area contributed by atoms with Crippen LogP contribution in [0.25, 0.3) is 0 Å². The van der Waals surface area contributed by atoms with Gasteiger partial charge in [0.05, 0.1) is 0 Å². The maximum Gasteiger partial charge on any atom is 0.0351 e. The molecule has 1 fully saturated rings. The molecule has 2 nitrogen and oxygen atoms in total. The first kappa shape index (κ1) is 11.6. The lowest BCUT2D eigenvalue weighted by molar-refractivity contribution is 0.264. The molecule has 0 saturated carbocycles. The van der Waals surface area contributed by atoms with Crippen molar-refractivity contribution >= 4 is 0 Å². The van der Waals surface area contributed by atoms with Crippen LogP contribution < -0.4 is 5.73 Å². The summed E-state index contributed by atoms with van der Waals surface area (Å²) in [7, 11) is 0. The number of aryl methyl sites for hydroxylation is 1. The van der Waals surface area contributed by atoms with Crippen LogP contribution in [0.15, 0.2) is 18.2 Å². The van der Waals surface area contributed by atoms with E-state index in [2.05, 4.69) is 36.9 Å². The number of hydrogen-bond donors (Lipinski definition) is 1. The number of likely N-dealkylation sites (tertiary alicyclic amines) is 1. The molecule has 1 saturated heterocycles. The minimum Gasteiger partial charge on any atom is -0.329 e. The van der Waals surface area contributed by atoms with Gasteiger partial charge in [0, 0.05) is 19.1 Å². The highest BCUT2D eigenvalue weighted by molar-refractivity contribution is 5.35. The van der Waals surface area contributed by atoms with Crippen molar-refractivity contribution < 1.29 is 0 Å². The maximum atomic E-state index is 5.67. The molecule has 2 N–H and O–H groups in total. The predicted octanol–water partition coefficient (Wildman–Crippen LogP) is 2.40. The smallest absolute Gasteiger partial charge is 0.0351 e. The molecule has 88 valence electrons. The number of nitrogens with two attached hydrogens (primary N) is 1. The number of hydrogen-bond acceptors (Lipinski definition) is 2. The summed E-state index contributed by atoms with van der Waals surface area (Å²) in [5.74, 6) is 0. The van der Waals surface area contributed by atoms with Crippen molar-refractivity contribution in [3.8, 4) is 0 Å². The fourth-order valence-electron chi connectivity index (χ4n) is 2.75. The molecule has 0 spiro atoms. The molecule has 1 aromatic rings. The average molecular weight is 218 g/mol. The molecule has 1 heterocycles. The topological polar surface area (TPSA) is 29.3 Å². The van der Waals surface area contributed by atoms with E-state index < -0.39 is 0 Å². The summed E-state index contributed by atoms with van der Waals surface area (Å²) in [6, 6.07) is 7.25. The van der Waals surface area contributed by atoms with Crippen molar-refractivity contribution in [2.24, 2.45) is 5.73 Å². The van der Waals surface area contributed by atoms with Gasteiger partial charge in [0.25, 0.3) is 0 Å². The SMILES string of the molecule is Cc1cccc(C2CCCN2CCN)c1C. The van der Waals surface area contributed by atoms with Gasteiger partial charge in [-0.2, -0.15) is 0 Å². The van der Waals surface area contributed by atoms with E-state index in [0.29, 0.717) is 6.04 Å². The highest BCUT2D eigenvalue weighted by Gasteiger charge is 2.26. The van der Waals surface area contributed by atoms with E-state index in [4.69, 9.17) is 5.73 Å². The summed E-state index contributed by atoms with van der Waals surface area (Å²) < 4.78 is 0. The Bertz CT molecular complexity index is 360. The highest BCUT2D eigenvalue weighted by Crippen LogP contribution is 2.33. The molecule has 1 atom stereocenters. The van der Waals surface area contributed by atoms with Crippen LogP contribution in [0.3, 0.4) is 0 Å². The molecule has 2 heteroatoms. The molecule has 1 aliphatic rings. The van der Waals surface area contributed by atoms with Crippen LogP contribution in [-0.2, 0) is 0 Å². The van der Waals surface area contributed by atoms with Crippen molar-refractivity contribution in [3.05, 3.63) is 34.9 Å². The minimum atomic E-state index is 0.600. The van der Waals surface area contributed by atoms with Crippen LogP contribution in [0.4, 0.5) is 0 Å². The third-order valence-electron chi connectivity index (χ3n) is 3.79. The summed E-state index contributed by atoms with van der Waals surface area (Å²) in [4.78, 5) is 2.53. The van der Waals surface area contributed by atoms with Crippen molar-refractivity contribution in [1.29, 1.82) is 0 Å². The van der Waals surface area contributed by atoms with Crippen LogP contribution in [0, 0.1) is 13.8 Å². The lowest BCUT2D eigenvalue weighted by Crippen LogP contribution is -2.29. The zero-order chi connectivity index (χ0) is 11.5. The molecular formula is C14H22N2.